The van der Waals surface area contributed by atoms with Gasteiger partial charge in [-0.1, -0.05) is 35.5 Å². The van der Waals surface area contributed by atoms with Crippen LogP contribution in [0.3, 0.4) is 0 Å². The van der Waals surface area contributed by atoms with E-state index in [9.17, 15) is 9.59 Å². The van der Waals surface area contributed by atoms with Crippen LogP contribution in [0, 0.1) is 0 Å². The zero-order chi connectivity index (χ0) is 19.2. The molecule has 1 aliphatic rings. The number of thioether (sulfide) groups is 1. The summed E-state index contributed by atoms with van der Waals surface area (Å²) < 4.78 is 0.719. The molecule has 1 aliphatic heterocycles. The molecule has 1 unspecified atom stereocenters. The molecule has 1 atom stereocenters. The van der Waals surface area contributed by atoms with Crippen LogP contribution in [-0.4, -0.2) is 51.8 Å². The third-order valence-electron chi connectivity index (χ3n) is 4.33. The predicted octanol–water partition coefficient (Wildman–Crippen LogP) is 3.37. The van der Waals surface area contributed by atoms with Gasteiger partial charge in [0.2, 0.25) is 5.91 Å². The number of nitrogens with one attached hydrogen (secondary N) is 1. The Morgan fingerprint density at radius 1 is 1.41 bits per heavy atom. The number of carboxylic acid groups (broad SMARTS) is 1. The minimum Gasteiger partial charge on any atom is -0.476 e. The largest absolute Gasteiger partial charge is 0.476 e. The van der Waals surface area contributed by atoms with Crippen molar-refractivity contribution in [1.82, 2.24) is 15.2 Å². The third kappa shape index (κ3) is 5.68. The summed E-state index contributed by atoms with van der Waals surface area (Å²) >= 11 is 8.70. The van der Waals surface area contributed by atoms with E-state index in [4.69, 9.17) is 16.7 Å². The second-order valence-corrected chi connectivity index (χ2v) is 8.83. The van der Waals surface area contributed by atoms with Gasteiger partial charge in [0.05, 0.1) is 0 Å². The number of rotatable bonds is 9. The van der Waals surface area contributed by atoms with E-state index in [1.165, 1.54) is 28.5 Å². The Balaban J connectivity index is 1.44. The zero-order valence-corrected chi connectivity index (χ0v) is 16.9. The highest BCUT2D eigenvalue weighted by molar-refractivity contribution is 8.01. The Labute approximate surface area is 170 Å². The number of nitrogens with zero attached hydrogens (tertiary/aromatic N) is 2. The standard InChI is InChI=1S/C18H20ClN3O3S2/c19-13-3-1-12(2-4-13)9-20-10-14-5-6-16(23)22(14)7-8-26-18-21-15(11-27-18)17(24)25/h1-4,11,14,20H,5-10H2,(H,24,25). The van der Waals surface area contributed by atoms with Gasteiger partial charge in [-0.05, 0) is 24.1 Å². The zero-order valence-electron chi connectivity index (χ0n) is 14.6. The highest BCUT2D eigenvalue weighted by Crippen LogP contribution is 2.25. The molecule has 2 heterocycles. The number of benzene rings is 1. The van der Waals surface area contributed by atoms with Crippen LogP contribution >= 0.6 is 34.7 Å². The maximum Gasteiger partial charge on any atom is 0.355 e. The van der Waals surface area contributed by atoms with E-state index in [2.05, 4.69) is 10.3 Å². The van der Waals surface area contributed by atoms with E-state index in [0.717, 1.165) is 34.4 Å². The molecule has 2 N–H and O–H groups in total. The van der Waals surface area contributed by atoms with Gasteiger partial charge < -0.3 is 15.3 Å². The molecule has 0 saturated carbocycles. The van der Waals surface area contributed by atoms with Crippen LogP contribution in [0.2, 0.25) is 5.02 Å². The van der Waals surface area contributed by atoms with Gasteiger partial charge in [0, 0.05) is 48.3 Å². The third-order valence-corrected chi connectivity index (χ3v) is 6.59. The maximum absolute atomic E-state index is 12.2. The number of carboxylic acids is 1. The van der Waals surface area contributed by atoms with Crippen LogP contribution in [0.1, 0.15) is 28.9 Å². The van der Waals surface area contributed by atoms with Crippen LogP contribution in [0.4, 0.5) is 0 Å². The molecule has 3 rings (SSSR count). The van der Waals surface area contributed by atoms with Crippen molar-refractivity contribution in [2.45, 2.75) is 29.8 Å². The van der Waals surface area contributed by atoms with Crippen molar-refractivity contribution < 1.29 is 14.7 Å². The Hall–Kier alpha value is -1.61. The Bertz CT molecular complexity index is 797. The number of likely N-dealkylation sites (tertiary alicyclic amines) is 1. The Morgan fingerprint density at radius 3 is 2.89 bits per heavy atom. The molecule has 27 heavy (non-hydrogen) atoms. The van der Waals surface area contributed by atoms with E-state index in [1.807, 2.05) is 29.2 Å². The molecule has 144 valence electrons. The molecule has 1 fully saturated rings. The lowest BCUT2D eigenvalue weighted by Gasteiger charge is -2.25. The molecule has 0 spiro atoms. The van der Waals surface area contributed by atoms with Crippen LogP contribution in [-0.2, 0) is 11.3 Å². The highest BCUT2D eigenvalue weighted by atomic mass is 35.5. The van der Waals surface area contributed by atoms with Crippen molar-refractivity contribution in [2.24, 2.45) is 0 Å². The number of carbonyl (C=O) groups excluding carboxylic acids is 1. The normalized spacial score (nSPS) is 16.9. The average Bonchev–Trinajstić information content (AvgIpc) is 3.25. The number of carbonyl (C=O) groups is 2. The molecular weight excluding hydrogens is 406 g/mol. The van der Waals surface area contributed by atoms with E-state index < -0.39 is 5.97 Å². The first kappa shape index (κ1) is 20.1. The predicted molar refractivity (Wildman–Crippen MR) is 108 cm³/mol. The summed E-state index contributed by atoms with van der Waals surface area (Å²) in [7, 11) is 0. The van der Waals surface area contributed by atoms with E-state index in [0.29, 0.717) is 18.7 Å². The summed E-state index contributed by atoms with van der Waals surface area (Å²) in [6.45, 7) is 2.12. The second-order valence-electron chi connectivity index (χ2n) is 6.19. The van der Waals surface area contributed by atoms with E-state index in [-0.39, 0.29) is 17.6 Å². The van der Waals surface area contributed by atoms with Crippen molar-refractivity contribution in [3.63, 3.8) is 0 Å². The SMILES string of the molecule is O=C(O)c1csc(SCCN2C(=O)CCC2CNCc2ccc(Cl)cc2)n1. The summed E-state index contributed by atoms with van der Waals surface area (Å²) in [6, 6.07) is 7.91. The molecule has 1 aromatic carbocycles. The second kappa shape index (κ2) is 9.54. The Morgan fingerprint density at radius 2 is 2.19 bits per heavy atom. The first-order chi connectivity index (χ1) is 13.0. The smallest absolute Gasteiger partial charge is 0.355 e. The molecule has 2 aromatic rings. The molecule has 1 saturated heterocycles. The minimum absolute atomic E-state index is 0.0732. The monoisotopic (exact) mass is 425 g/mol. The van der Waals surface area contributed by atoms with Crippen molar-refractivity contribution in [2.75, 3.05) is 18.8 Å². The molecule has 0 aliphatic carbocycles. The molecule has 9 heteroatoms. The van der Waals surface area contributed by atoms with Crippen molar-refractivity contribution >= 4 is 46.6 Å². The van der Waals surface area contributed by atoms with Crippen molar-refractivity contribution in [1.29, 1.82) is 0 Å². The van der Waals surface area contributed by atoms with Crippen LogP contribution in [0.25, 0.3) is 0 Å². The van der Waals surface area contributed by atoms with E-state index in [1.54, 1.807) is 0 Å². The molecule has 1 amide bonds. The minimum atomic E-state index is -1.01. The fraction of sp³-hybridized carbons (Fsp3) is 0.389. The van der Waals surface area contributed by atoms with Crippen molar-refractivity contribution in [3.05, 3.63) is 45.9 Å². The van der Waals surface area contributed by atoms with Gasteiger partial charge in [0.1, 0.15) is 0 Å². The Kier molecular flexibility index (Phi) is 7.12. The molecule has 0 bridgehead atoms. The van der Waals surface area contributed by atoms with Crippen LogP contribution in [0.15, 0.2) is 34.0 Å². The quantitative estimate of drug-likeness (QED) is 0.599. The topological polar surface area (TPSA) is 82.5 Å². The van der Waals surface area contributed by atoms with Crippen LogP contribution in [0.5, 0.6) is 0 Å². The van der Waals surface area contributed by atoms with Gasteiger partial charge in [-0.25, -0.2) is 9.78 Å². The fourth-order valence-electron chi connectivity index (χ4n) is 2.95. The number of aromatic nitrogens is 1. The number of hydrogen-bond donors (Lipinski definition) is 2. The lowest BCUT2D eigenvalue weighted by Crippen LogP contribution is -2.41. The number of thiazole rings is 1. The first-order valence-electron chi connectivity index (χ1n) is 8.59. The van der Waals surface area contributed by atoms with Gasteiger partial charge in [-0.3, -0.25) is 4.79 Å². The molecule has 6 nitrogen and oxygen atoms in total. The molecule has 1 aromatic heterocycles. The summed E-state index contributed by atoms with van der Waals surface area (Å²) in [4.78, 5) is 29.0. The number of halogens is 1. The summed E-state index contributed by atoms with van der Waals surface area (Å²) in [5, 5.41) is 14.6. The molecular formula is C18H20ClN3O3S2. The number of amides is 1. The maximum atomic E-state index is 12.2. The molecule has 0 radical (unpaired) electrons. The lowest BCUT2D eigenvalue weighted by molar-refractivity contribution is -0.128. The summed E-state index contributed by atoms with van der Waals surface area (Å²) in [5.74, 6) is -0.134. The van der Waals surface area contributed by atoms with Crippen LogP contribution < -0.4 is 5.32 Å². The van der Waals surface area contributed by atoms with Gasteiger partial charge >= 0.3 is 5.97 Å². The fourth-order valence-corrected chi connectivity index (χ4v) is 4.89. The summed E-state index contributed by atoms with van der Waals surface area (Å²) in [6.07, 6.45) is 1.44. The van der Waals surface area contributed by atoms with Gasteiger partial charge in [-0.2, -0.15) is 0 Å². The average molecular weight is 426 g/mol. The van der Waals surface area contributed by atoms with Crippen molar-refractivity contribution in [3.8, 4) is 0 Å². The highest BCUT2D eigenvalue weighted by Gasteiger charge is 2.30. The number of hydrogen-bond acceptors (Lipinski definition) is 6. The number of aromatic carboxylic acids is 1. The first-order valence-corrected chi connectivity index (χ1v) is 10.8. The lowest BCUT2D eigenvalue weighted by atomic mass is 10.2. The van der Waals surface area contributed by atoms with Gasteiger partial charge in [0.25, 0.3) is 0 Å². The van der Waals surface area contributed by atoms with E-state index >= 15 is 0 Å². The van der Waals surface area contributed by atoms with Gasteiger partial charge in [0.15, 0.2) is 10.0 Å². The van der Waals surface area contributed by atoms with Gasteiger partial charge in [-0.15, -0.1) is 11.3 Å². The summed E-state index contributed by atoms with van der Waals surface area (Å²) in [5.41, 5.74) is 1.23.